The van der Waals surface area contributed by atoms with Crippen molar-refractivity contribution in [2.24, 2.45) is 17.8 Å². The average Bonchev–Trinajstić information content (AvgIpc) is 2.32. The topological polar surface area (TPSA) is 15.3 Å². The Morgan fingerprint density at radius 3 is 2.37 bits per heavy atom. The molecule has 0 bridgehead atoms. The van der Waals surface area contributed by atoms with Crippen LogP contribution in [-0.4, -0.2) is 43.0 Å². The van der Waals surface area contributed by atoms with E-state index in [9.17, 15) is 8.78 Å². The fourth-order valence-corrected chi connectivity index (χ4v) is 3.52. The molecule has 0 aromatic rings. The molecule has 0 aromatic heterocycles. The van der Waals surface area contributed by atoms with E-state index in [0.717, 1.165) is 25.4 Å². The number of likely N-dealkylation sites (tertiary alicyclic amines) is 1. The van der Waals surface area contributed by atoms with Crippen molar-refractivity contribution in [2.75, 3.05) is 19.6 Å². The molecule has 2 fully saturated rings. The quantitative estimate of drug-likeness (QED) is 0.829. The van der Waals surface area contributed by atoms with Crippen LogP contribution in [0.1, 0.15) is 40.0 Å². The molecule has 2 rings (SSSR count). The van der Waals surface area contributed by atoms with Crippen LogP contribution < -0.4 is 5.32 Å². The Hall–Kier alpha value is -0.220. The van der Waals surface area contributed by atoms with Crippen LogP contribution in [0.4, 0.5) is 8.78 Å². The van der Waals surface area contributed by atoms with E-state index >= 15 is 0 Å². The lowest BCUT2D eigenvalue weighted by molar-refractivity contribution is 0.0199. The third-order valence-corrected chi connectivity index (χ3v) is 4.88. The lowest BCUT2D eigenvalue weighted by atomic mass is 9.77. The van der Waals surface area contributed by atoms with Crippen LogP contribution in [0.3, 0.4) is 0 Å². The zero-order chi connectivity index (χ0) is 14.0. The SMILES string of the molecule is CC1CC(N2CC(NCC(F)F)CC(C(C)C)C2)C1. The van der Waals surface area contributed by atoms with Gasteiger partial charge in [-0.05, 0) is 37.0 Å². The minimum atomic E-state index is -2.24. The summed E-state index contributed by atoms with van der Waals surface area (Å²) in [5.74, 6) is 2.12. The molecule has 0 aromatic carbocycles. The summed E-state index contributed by atoms with van der Waals surface area (Å²) in [6.07, 6.45) is 1.37. The van der Waals surface area contributed by atoms with Gasteiger partial charge in [-0.3, -0.25) is 4.90 Å². The van der Waals surface area contributed by atoms with Crippen LogP contribution in [-0.2, 0) is 0 Å². The zero-order valence-electron chi connectivity index (χ0n) is 12.4. The highest BCUT2D eigenvalue weighted by Crippen LogP contribution is 2.35. The Bertz CT molecular complexity index is 277. The molecule has 1 aliphatic heterocycles. The van der Waals surface area contributed by atoms with Gasteiger partial charge in [-0.1, -0.05) is 20.8 Å². The monoisotopic (exact) mass is 274 g/mol. The first-order valence-corrected chi connectivity index (χ1v) is 7.71. The number of nitrogens with zero attached hydrogens (tertiary/aromatic N) is 1. The van der Waals surface area contributed by atoms with Gasteiger partial charge in [0.15, 0.2) is 0 Å². The van der Waals surface area contributed by atoms with E-state index in [4.69, 9.17) is 0 Å². The minimum absolute atomic E-state index is 0.162. The van der Waals surface area contributed by atoms with Crippen LogP contribution in [0.25, 0.3) is 0 Å². The molecule has 2 unspecified atom stereocenters. The fraction of sp³-hybridized carbons (Fsp3) is 1.00. The largest absolute Gasteiger partial charge is 0.307 e. The predicted molar refractivity (Wildman–Crippen MR) is 74.5 cm³/mol. The van der Waals surface area contributed by atoms with E-state index in [1.165, 1.54) is 12.8 Å². The van der Waals surface area contributed by atoms with Crippen molar-refractivity contribution >= 4 is 0 Å². The van der Waals surface area contributed by atoms with Gasteiger partial charge in [-0.2, -0.15) is 0 Å². The van der Waals surface area contributed by atoms with Crippen molar-refractivity contribution in [3.8, 4) is 0 Å². The average molecular weight is 274 g/mol. The van der Waals surface area contributed by atoms with E-state index in [1.807, 2.05) is 0 Å². The second-order valence-corrected chi connectivity index (χ2v) is 6.92. The van der Waals surface area contributed by atoms with E-state index in [2.05, 4.69) is 31.0 Å². The van der Waals surface area contributed by atoms with Gasteiger partial charge in [0, 0.05) is 25.2 Å². The molecule has 1 saturated carbocycles. The molecular weight excluding hydrogens is 246 g/mol. The molecule has 2 atom stereocenters. The number of alkyl halides is 2. The molecule has 0 radical (unpaired) electrons. The van der Waals surface area contributed by atoms with Gasteiger partial charge in [0.2, 0.25) is 0 Å². The maximum atomic E-state index is 12.4. The highest BCUT2D eigenvalue weighted by molar-refractivity contribution is 4.92. The number of rotatable bonds is 5. The Morgan fingerprint density at radius 1 is 1.16 bits per heavy atom. The van der Waals surface area contributed by atoms with E-state index in [-0.39, 0.29) is 12.6 Å². The molecule has 2 nitrogen and oxygen atoms in total. The molecular formula is C15H28F2N2. The minimum Gasteiger partial charge on any atom is -0.307 e. The standard InChI is InChI=1S/C15H28F2N2/c1-10(2)12-6-13(18-7-15(16)17)9-19(8-12)14-4-11(3)5-14/h10-15,18H,4-9H2,1-3H3. The summed E-state index contributed by atoms with van der Waals surface area (Å²) in [7, 11) is 0. The predicted octanol–water partition coefficient (Wildman–Crippen LogP) is 2.99. The molecule has 0 amide bonds. The van der Waals surface area contributed by atoms with Crippen molar-refractivity contribution in [1.82, 2.24) is 10.2 Å². The van der Waals surface area contributed by atoms with Crippen LogP contribution >= 0.6 is 0 Å². The third-order valence-electron chi connectivity index (χ3n) is 4.88. The summed E-state index contributed by atoms with van der Waals surface area (Å²) in [4.78, 5) is 2.55. The number of piperidine rings is 1. The summed E-state index contributed by atoms with van der Waals surface area (Å²) >= 11 is 0. The number of hydrogen-bond donors (Lipinski definition) is 1. The molecule has 19 heavy (non-hydrogen) atoms. The highest BCUT2D eigenvalue weighted by atomic mass is 19.3. The van der Waals surface area contributed by atoms with E-state index < -0.39 is 6.43 Å². The Labute approximate surface area is 115 Å². The Kier molecular flexibility index (Phi) is 5.18. The van der Waals surface area contributed by atoms with Crippen LogP contribution in [0.5, 0.6) is 0 Å². The van der Waals surface area contributed by atoms with Gasteiger partial charge in [0.1, 0.15) is 0 Å². The van der Waals surface area contributed by atoms with E-state index in [1.54, 1.807) is 0 Å². The Balaban J connectivity index is 1.89. The molecule has 1 N–H and O–H groups in total. The second-order valence-electron chi connectivity index (χ2n) is 6.92. The molecule has 1 heterocycles. The van der Waals surface area contributed by atoms with E-state index in [0.29, 0.717) is 17.9 Å². The zero-order valence-corrected chi connectivity index (χ0v) is 12.4. The van der Waals surface area contributed by atoms with Crippen LogP contribution in [0.15, 0.2) is 0 Å². The number of halogens is 2. The summed E-state index contributed by atoms with van der Waals surface area (Å²) in [6.45, 7) is 8.75. The first-order chi connectivity index (χ1) is 8.95. The normalized spacial score (nSPS) is 36.8. The van der Waals surface area contributed by atoms with Gasteiger partial charge >= 0.3 is 0 Å². The van der Waals surface area contributed by atoms with Crippen molar-refractivity contribution in [3.05, 3.63) is 0 Å². The second kappa shape index (κ2) is 6.49. The molecule has 0 spiro atoms. The van der Waals surface area contributed by atoms with Crippen LogP contribution in [0, 0.1) is 17.8 Å². The van der Waals surface area contributed by atoms with Crippen LogP contribution in [0.2, 0.25) is 0 Å². The summed E-state index contributed by atoms with van der Waals surface area (Å²) < 4.78 is 24.7. The third kappa shape index (κ3) is 4.12. The van der Waals surface area contributed by atoms with Gasteiger partial charge in [0.25, 0.3) is 6.43 Å². The lowest BCUT2D eigenvalue weighted by Crippen LogP contribution is -2.56. The van der Waals surface area contributed by atoms with Gasteiger partial charge in [-0.15, -0.1) is 0 Å². The Morgan fingerprint density at radius 2 is 1.84 bits per heavy atom. The molecule has 1 aliphatic carbocycles. The maximum Gasteiger partial charge on any atom is 0.250 e. The number of nitrogens with one attached hydrogen (secondary N) is 1. The van der Waals surface area contributed by atoms with Crippen molar-refractivity contribution in [1.29, 1.82) is 0 Å². The summed E-state index contributed by atoms with van der Waals surface area (Å²) in [5.41, 5.74) is 0. The maximum absolute atomic E-state index is 12.4. The summed E-state index contributed by atoms with van der Waals surface area (Å²) in [5, 5.41) is 3.06. The molecule has 112 valence electrons. The van der Waals surface area contributed by atoms with Crippen molar-refractivity contribution < 1.29 is 8.78 Å². The number of hydrogen-bond acceptors (Lipinski definition) is 2. The van der Waals surface area contributed by atoms with Crippen molar-refractivity contribution in [2.45, 2.75) is 58.5 Å². The first kappa shape index (κ1) is 15.2. The lowest BCUT2D eigenvalue weighted by Gasteiger charge is -2.48. The van der Waals surface area contributed by atoms with Crippen molar-refractivity contribution in [3.63, 3.8) is 0 Å². The smallest absolute Gasteiger partial charge is 0.250 e. The molecule has 1 saturated heterocycles. The van der Waals surface area contributed by atoms with Gasteiger partial charge in [-0.25, -0.2) is 8.78 Å². The van der Waals surface area contributed by atoms with Gasteiger partial charge < -0.3 is 5.32 Å². The summed E-state index contributed by atoms with van der Waals surface area (Å²) in [6, 6.07) is 0.943. The molecule has 4 heteroatoms. The fourth-order valence-electron chi connectivity index (χ4n) is 3.52. The highest BCUT2D eigenvalue weighted by Gasteiger charge is 2.37. The first-order valence-electron chi connectivity index (χ1n) is 7.71. The molecule has 2 aliphatic rings. The van der Waals surface area contributed by atoms with Gasteiger partial charge in [0.05, 0.1) is 6.54 Å².